The lowest BCUT2D eigenvalue weighted by Crippen LogP contribution is -2.44. The first-order valence-corrected chi connectivity index (χ1v) is 9.80. The predicted octanol–water partition coefficient (Wildman–Crippen LogP) is 1.43. The van der Waals surface area contributed by atoms with Crippen molar-refractivity contribution in [1.82, 2.24) is 5.32 Å². The molecule has 0 aliphatic heterocycles. The molecule has 8 heteroatoms. The van der Waals surface area contributed by atoms with Gasteiger partial charge < -0.3 is 11.1 Å². The number of nitrogens with two attached hydrogens (primary N) is 1. The fraction of sp³-hybridized carbons (Fsp3) is 0.200. The zero-order chi connectivity index (χ0) is 20.9. The van der Waals surface area contributed by atoms with Crippen LogP contribution in [-0.4, -0.2) is 33.3 Å². The number of amides is 2. The summed E-state index contributed by atoms with van der Waals surface area (Å²) in [4.78, 5) is 23.7. The number of carbonyl (C=O) groups excluding carboxylic acids is 2. The van der Waals surface area contributed by atoms with E-state index in [-0.39, 0.29) is 16.9 Å². The van der Waals surface area contributed by atoms with Crippen LogP contribution in [0.3, 0.4) is 0 Å². The molecule has 1 unspecified atom stereocenters. The van der Waals surface area contributed by atoms with Crippen LogP contribution in [0.15, 0.2) is 53.4 Å². The molecule has 0 heterocycles. The van der Waals surface area contributed by atoms with Crippen LogP contribution in [0, 0.1) is 19.3 Å². The standard InChI is InChI=1S/C20H21N3O4S/c1-4-6-18(19(21)24)22-20(25)15-7-5-8-17(13-15)28(26,27)23(3)16-11-9-14(2)10-12-16/h1,5,7-13,18H,6H2,2-3H3,(H2,21,24)(H,22,25). The second-order valence-electron chi connectivity index (χ2n) is 6.17. The maximum atomic E-state index is 12.9. The molecule has 0 saturated carbocycles. The van der Waals surface area contributed by atoms with Gasteiger partial charge >= 0.3 is 0 Å². The molecule has 2 amide bonds. The molecule has 0 saturated heterocycles. The van der Waals surface area contributed by atoms with E-state index in [9.17, 15) is 18.0 Å². The molecule has 3 N–H and O–H groups in total. The molecule has 0 aromatic heterocycles. The number of aryl methyl sites for hydroxylation is 1. The van der Waals surface area contributed by atoms with Crippen molar-refractivity contribution < 1.29 is 18.0 Å². The number of benzene rings is 2. The van der Waals surface area contributed by atoms with Gasteiger partial charge in [-0.1, -0.05) is 23.8 Å². The summed E-state index contributed by atoms with van der Waals surface area (Å²) in [6.07, 6.45) is 5.11. The Morgan fingerprint density at radius 3 is 2.43 bits per heavy atom. The molecule has 0 aliphatic rings. The third-order valence-corrected chi connectivity index (χ3v) is 5.90. The molecule has 0 bridgehead atoms. The number of sulfonamides is 1. The third kappa shape index (κ3) is 4.69. The van der Waals surface area contributed by atoms with Crippen LogP contribution < -0.4 is 15.4 Å². The number of anilines is 1. The molecule has 28 heavy (non-hydrogen) atoms. The van der Waals surface area contributed by atoms with Crippen molar-refractivity contribution in [1.29, 1.82) is 0 Å². The molecular weight excluding hydrogens is 378 g/mol. The summed E-state index contributed by atoms with van der Waals surface area (Å²) in [7, 11) is -2.45. The van der Waals surface area contributed by atoms with E-state index in [1.807, 2.05) is 6.92 Å². The maximum Gasteiger partial charge on any atom is 0.264 e. The Morgan fingerprint density at radius 1 is 1.21 bits per heavy atom. The van der Waals surface area contributed by atoms with Crippen LogP contribution in [0.25, 0.3) is 0 Å². The van der Waals surface area contributed by atoms with Gasteiger partial charge in [-0.3, -0.25) is 13.9 Å². The minimum atomic E-state index is -3.89. The van der Waals surface area contributed by atoms with Crippen molar-refractivity contribution in [3.05, 3.63) is 59.7 Å². The lowest BCUT2D eigenvalue weighted by Gasteiger charge is -2.20. The highest BCUT2D eigenvalue weighted by molar-refractivity contribution is 7.92. The average molecular weight is 399 g/mol. The Hall–Kier alpha value is -3.31. The summed E-state index contributed by atoms with van der Waals surface area (Å²) in [5, 5.41) is 2.42. The first kappa shape index (κ1) is 21.0. The SMILES string of the molecule is C#CCC(NC(=O)c1cccc(S(=O)(=O)N(C)c2ccc(C)cc2)c1)C(N)=O. The Labute approximate surface area is 164 Å². The highest BCUT2D eigenvalue weighted by Gasteiger charge is 2.23. The van der Waals surface area contributed by atoms with Crippen molar-refractivity contribution in [2.45, 2.75) is 24.3 Å². The smallest absolute Gasteiger partial charge is 0.264 e. The number of carbonyl (C=O) groups is 2. The van der Waals surface area contributed by atoms with Crippen LogP contribution in [0.5, 0.6) is 0 Å². The number of nitrogens with one attached hydrogen (secondary N) is 1. The predicted molar refractivity (Wildman–Crippen MR) is 107 cm³/mol. The molecular formula is C20H21N3O4S. The van der Waals surface area contributed by atoms with Crippen molar-refractivity contribution in [2.24, 2.45) is 5.73 Å². The van der Waals surface area contributed by atoms with E-state index < -0.39 is 27.9 Å². The van der Waals surface area contributed by atoms with Crippen LogP contribution in [-0.2, 0) is 14.8 Å². The van der Waals surface area contributed by atoms with E-state index in [1.165, 1.54) is 31.3 Å². The lowest BCUT2D eigenvalue weighted by molar-refractivity contribution is -0.119. The van der Waals surface area contributed by atoms with E-state index in [2.05, 4.69) is 11.2 Å². The van der Waals surface area contributed by atoms with Gasteiger partial charge in [0.2, 0.25) is 5.91 Å². The monoisotopic (exact) mass is 399 g/mol. The van der Waals surface area contributed by atoms with Gasteiger partial charge in [0.25, 0.3) is 15.9 Å². The quantitative estimate of drug-likeness (QED) is 0.686. The largest absolute Gasteiger partial charge is 0.368 e. The van der Waals surface area contributed by atoms with Crippen LogP contribution in [0.2, 0.25) is 0 Å². The van der Waals surface area contributed by atoms with Gasteiger partial charge in [-0.25, -0.2) is 8.42 Å². The zero-order valence-corrected chi connectivity index (χ0v) is 16.4. The normalized spacial score (nSPS) is 11.9. The molecule has 0 aliphatic carbocycles. The summed E-state index contributed by atoms with van der Waals surface area (Å²) in [5.41, 5.74) is 6.78. The fourth-order valence-electron chi connectivity index (χ4n) is 2.43. The van der Waals surface area contributed by atoms with Crippen LogP contribution in [0.4, 0.5) is 5.69 Å². The average Bonchev–Trinajstić information content (AvgIpc) is 2.67. The summed E-state index contributed by atoms with van der Waals surface area (Å²) >= 11 is 0. The molecule has 0 radical (unpaired) electrons. The molecule has 146 valence electrons. The third-order valence-electron chi connectivity index (χ3n) is 4.12. The van der Waals surface area contributed by atoms with Crippen LogP contribution in [0.1, 0.15) is 22.3 Å². The first-order valence-electron chi connectivity index (χ1n) is 8.36. The highest BCUT2D eigenvalue weighted by Crippen LogP contribution is 2.23. The number of hydrogen-bond donors (Lipinski definition) is 2. The van der Waals surface area contributed by atoms with Crippen molar-refractivity contribution in [2.75, 3.05) is 11.4 Å². The Kier molecular flexibility index (Phi) is 6.44. The molecule has 2 rings (SSSR count). The lowest BCUT2D eigenvalue weighted by atomic mass is 10.1. The summed E-state index contributed by atoms with van der Waals surface area (Å²) < 4.78 is 27.0. The van der Waals surface area contributed by atoms with E-state index in [1.54, 1.807) is 24.3 Å². The minimum absolute atomic E-state index is 0.0594. The highest BCUT2D eigenvalue weighted by atomic mass is 32.2. The van der Waals surface area contributed by atoms with E-state index in [0.717, 1.165) is 9.87 Å². The summed E-state index contributed by atoms with van der Waals surface area (Å²) in [6.45, 7) is 1.90. The van der Waals surface area contributed by atoms with E-state index in [4.69, 9.17) is 12.2 Å². The van der Waals surface area contributed by atoms with Crippen LogP contribution >= 0.6 is 0 Å². The Balaban J connectivity index is 2.30. The van der Waals surface area contributed by atoms with E-state index in [0.29, 0.717) is 5.69 Å². The summed E-state index contributed by atoms with van der Waals surface area (Å²) in [6, 6.07) is 11.5. The summed E-state index contributed by atoms with van der Waals surface area (Å²) in [5.74, 6) is 0.847. The maximum absolute atomic E-state index is 12.9. The van der Waals surface area contributed by atoms with Gasteiger partial charge in [-0.05, 0) is 37.3 Å². The van der Waals surface area contributed by atoms with Gasteiger partial charge in [0, 0.05) is 19.0 Å². The van der Waals surface area contributed by atoms with Gasteiger partial charge in [-0.15, -0.1) is 12.3 Å². The van der Waals surface area contributed by atoms with Gasteiger partial charge in [0.15, 0.2) is 0 Å². The molecule has 2 aromatic rings. The first-order chi connectivity index (χ1) is 13.2. The van der Waals surface area contributed by atoms with Crippen molar-refractivity contribution >= 4 is 27.5 Å². The molecule has 0 spiro atoms. The zero-order valence-electron chi connectivity index (χ0n) is 15.5. The van der Waals surface area contributed by atoms with Gasteiger partial charge in [0.05, 0.1) is 10.6 Å². The molecule has 2 aromatic carbocycles. The number of primary amides is 1. The molecule has 1 atom stereocenters. The number of rotatable bonds is 7. The van der Waals surface area contributed by atoms with Crippen molar-refractivity contribution in [3.8, 4) is 12.3 Å². The Bertz CT molecular complexity index is 1020. The molecule has 0 fully saturated rings. The minimum Gasteiger partial charge on any atom is -0.368 e. The van der Waals surface area contributed by atoms with Gasteiger partial charge in [-0.2, -0.15) is 0 Å². The van der Waals surface area contributed by atoms with Crippen molar-refractivity contribution in [3.63, 3.8) is 0 Å². The van der Waals surface area contributed by atoms with E-state index >= 15 is 0 Å². The Morgan fingerprint density at radius 2 is 1.86 bits per heavy atom. The number of nitrogens with zero attached hydrogens (tertiary/aromatic N) is 1. The van der Waals surface area contributed by atoms with Gasteiger partial charge in [0.1, 0.15) is 6.04 Å². The number of hydrogen-bond acceptors (Lipinski definition) is 4. The second kappa shape index (κ2) is 8.59. The topological polar surface area (TPSA) is 110 Å². The second-order valence-corrected chi connectivity index (χ2v) is 8.14. The number of terminal acetylenes is 1. The molecule has 7 nitrogen and oxygen atoms in total. The fourth-order valence-corrected chi connectivity index (χ4v) is 3.67.